The second kappa shape index (κ2) is 11.4. The maximum Gasteiger partial charge on any atom is 0.229 e. The maximum absolute atomic E-state index is 12.2. The van der Waals surface area contributed by atoms with Crippen molar-refractivity contribution in [3.8, 4) is 0 Å². The van der Waals surface area contributed by atoms with E-state index in [9.17, 15) is 4.79 Å². The zero-order valence-electron chi connectivity index (χ0n) is 27.4. The molecule has 2 saturated carbocycles. The summed E-state index contributed by atoms with van der Waals surface area (Å²) in [7, 11) is 0. The van der Waals surface area contributed by atoms with Crippen molar-refractivity contribution < 1.29 is 4.79 Å². The van der Waals surface area contributed by atoms with Crippen LogP contribution in [0.1, 0.15) is 84.5 Å². The molecule has 238 valence electrons. The fourth-order valence-electron chi connectivity index (χ4n) is 10.8. The second-order valence-corrected chi connectivity index (χ2v) is 15.8. The lowest BCUT2D eigenvalue weighted by Gasteiger charge is -2.54. The Morgan fingerprint density at radius 3 is 2.23 bits per heavy atom. The van der Waals surface area contributed by atoms with Gasteiger partial charge < -0.3 is 14.7 Å². The highest BCUT2D eigenvalue weighted by molar-refractivity contribution is 5.91. The van der Waals surface area contributed by atoms with Gasteiger partial charge in [-0.3, -0.25) is 9.69 Å². The molecule has 7 heteroatoms. The van der Waals surface area contributed by atoms with E-state index >= 15 is 0 Å². The third-order valence-electron chi connectivity index (χ3n) is 13.6. The third kappa shape index (κ3) is 5.00. The minimum Gasteiger partial charge on any atom is -0.356 e. The van der Waals surface area contributed by atoms with E-state index in [1.165, 1.54) is 70.8 Å². The summed E-state index contributed by atoms with van der Waals surface area (Å²) in [6, 6.07) is 2.28. The quantitative estimate of drug-likeness (QED) is 0.366. The number of carbonyl (C=O) groups excluding carboxylic acids is 1. The highest BCUT2D eigenvalue weighted by Gasteiger charge is 2.56. The molecule has 8 rings (SSSR count). The minimum atomic E-state index is 0.115. The minimum absolute atomic E-state index is 0.115. The van der Waals surface area contributed by atoms with Crippen molar-refractivity contribution in [1.29, 1.82) is 0 Å². The average Bonchev–Trinajstić information content (AvgIpc) is 3.83. The van der Waals surface area contributed by atoms with Crippen molar-refractivity contribution >= 4 is 23.4 Å². The second-order valence-electron chi connectivity index (χ2n) is 15.8. The van der Waals surface area contributed by atoms with Gasteiger partial charge in [-0.1, -0.05) is 31.6 Å². The summed E-state index contributed by atoms with van der Waals surface area (Å²) in [5.74, 6) is 6.46. The van der Waals surface area contributed by atoms with Gasteiger partial charge in [0.15, 0.2) is 5.78 Å². The lowest BCUT2D eigenvalue weighted by Crippen LogP contribution is -2.48. The monoisotopic (exact) mass is 598 g/mol. The van der Waals surface area contributed by atoms with Crippen molar-refractivity contribution in [1.82, 2.24) is 14.9 Å². The molecule has 3 saturated heterocycles. The van der Waals surface area contributed by atoms with Crippen molar-refractivity contribution in [3.63, 3.8) is 0 Å². The molecule has 0 spiro atoms. The Morgan fingerprint density at radius 1 is 0.818 bits per heavy atom. The Kier molecular flexibility index (Phi) is 7.54. The number of anilines is 3. The first-order valence-corrected chi connectivity index (χ1v) is 18.2. The number of carbonyl (C=O) groups is 1. The van der Waals surface area contributed by atoms with Crippen LogP contribution in [0.5, 0.6) is 0 Å². The van der Waals surface area contributed by atoms with Gasteiger partial charge in [0.05, 0.1) is 0 Å². The number of nitrogens with zero attached hydrogens (tertiary/aromatic N) is 6. The van der Waals surface area contributed by atoms with Gasteiger partial charge in [0.25, 0.3) is 0 Å². The Balaban J connectivity index is 0.904. The van der Waals surface area contributed by atoms with Crippen LogP contribution in [0, 0.1) is 34.5 Å². The van der Waals surface area contributed by atoms with Gasteiger partial charge >= 0.3 is 0 Å². The van der Waals surface area contributed by atoms with Crippen molar-refractivity contribution in [2.24, 2.45) is 34.5 Å². The Bertz CT molecular complexity index is 1270. The summed E-state index contributed by atoms with van der Waals surface area (Å²) < 4.78 is 0. The van der Waals surface area contributed by atoms with Gasteiger partial charge in [-0.2, -0.15) is 9.97 Å². The SMILES string of the molecule is CC12C=CC(=O)CC1CCC1C2=CCC2(C)C(CCN3CCN(c4cc(N5CCCC5)nc(N5CCCC5)n4)CC3)CCC12. The smallest absolute Gasteiger partial charge is 0.229 e. The summed E-state index contributed by atoms with van der Waals surface area (Å²) >= 11 is 0. The number of ketones is 1. The molecule has 7 aliphatic rings. The fourth-order valence-corrected chi connectivity index (χ4v) is 10.8. The first-order valence-electron chi connectivity index (χ1n) is 18.2. The molecule has 0 radical (unpaired) electrons. The first-order chi connectivity index (χ1) is 21.4. The zero-order chi connectivity index (χ0) is 29.9. The van der Waals surface area contributed by atoms with Crippen molar-refractivity contribution in [2.45, 2.75) is 84.5 Å². The van der Waals surface area contributed by atoms with Gasteiger partial charge in [-0.05, 0) is 106 Å². The molecular formula is C37H54N6O. The van der Waals surface area contributed by atoms with E-state index in [1.54, 1.807) is 5.57 Å². The molecule has 0 N–H and O–H groups in total. The van der Waals surface area contributed by atoms with Crippen LogP contribution in [0.15, 0.2) is 29.9 Å². The molecule has 0 bridgehead atoms. The molecule has 0 aromatic carbocycles. The lowest BCUT2D eigenvalue weighted by atomic mass is 9.50. The Hall–Kier alpha value is -2.41. The van der Waals surface area contributed by atoms with E-state index in [4.69, 9.17) is 9.97 Å². The van der Waals surface area contributed by atoms with Crippen LogP contribution in [-0.4, -0.2) is 79.6 Å². The molecule has 7 nitrogen and oxygen atoms in total. The number of aromatic nitrogens is 2. The molecule has 44 heavy (non-hydrogen) atoms. The number of hydrogen-bond donors (Lipinski definition) is 0. The van der Waals surface area contributed by atoms with Crippen LogP contribution in [0.3, 0.4) is 0 Å². The van der Waals surface area contributed by atoms with E-state index in [-0.39, 0.29) is 5.41 Å². The van der Waals surface area contributed by atoms with E-state index in [1.807, 2.05) is 6.08 Å². The largest absolute Gasteiger partial charge is 0.356 e. The number of piperazine rings is 1. The number of allylic oxidation sites excluding steroid dienone is 4. The van der Waals surface area contributed by atoms with Crippen molar-refractivity contribution in [2.75, 3.05) is 73.6 Å². The van der Waals surface area contributed by atoms with Crippen LogP contribution in [0.4, 0.5) is 17.6 Å². The normalized spacial score (nSPS) is 37.3. The highest BCUT2D eigenvalue weighted by atomic mass is 16.1. The van der Waals surface area contributed by atoms with E-state index in [0.29, 0.717) is 17.1 Å². The highest BCUT2D eigenvalue weighted by Crippen LogP contribution is 2.64. The molecule has 1 aromatic heterocycles. The average molecular weight is 599 g/mol. The third-order valence-corrected chi connectivity index (χ3v) is 13.6. The van der Waals surface area contributed by atoms with Crippen LogP contribution < -0.4 is 14.7 Å². The molecule has 6 atom stereocenters. The van der Waals surface area contributed by atoms with Gasteiger partial charge in [0.2, 0.25) is 5.95 Å². The van der Waals surface area contributed by atoms with E-state index in [2.05, 4.69) is 51.7 Å². The maximum atomic E-state index is 12.2. The predicted octanol–water partition coefficient (Wildman–Crippen LogP) is 6.11. The molecular weight excluding hydrogens is 544 g/mol. The Labute approximate surface area is 265 Å². The van der Waals surface area contributed by atoms with Gasteiger partial charge in [-0.25, -0.2) is 0 Å². The fraction of sp³-hybridized carbons (Fsp3) is 0.757. The topological polar surface area (TPSA) is 55.8 Å². The predicted molar refractivity (Wildman–Crippen MR) is 178 cm³/mol. The van der Waals surface area contributed by atoms with Crippen molar-refractivity contribution in [3.05, 3.63) is 29.9 Å². The summed E-state index contributed by atoms with van der Waals surface area (Å²) in [4.78, 5) is 32.5. The molecule has 6 unspecified atom stereocenters. The summed E-state index contributed by atoms with van der Waals surface area (Å²) in [5, 5.41) is 0. The first kappa shape index (κ1) is 29.0. The summed E-state index contributed by atoms with van der Waals surface area (Å²) in [6.45, 7) is 15.1. The van der Waals surface area contributed by atoms with Crippen LogP contribution in [0.25, 0.3) is 0 Å². The van der Waals surface area contributed by atoms with Gasteiger partial charge in [0.1, 0.15) is 11.6 Å². The van der Waals surface area contributed by atoms with Crippen LogP contribution >= 0.6 is 0 Å². The molecule has 0 amide bonds. The van der Waals surface area contributed by atoms with Gasteiger partial charge in [0, 0.05) is 70.3 Å². The Morgan fingerprint density at radius 2 is 1.50 bits per heavy atom. The van der Waals surface area contributed by atoms with Crippen LogP contribution in [0.2, 0.25) is 0 Å². The summed E-state index contributed by atoms with van der Waals surface area (Å²) in [5.41, 5.74) is 2.25. The molecule has 1 aromatic rings. The zero-order valence-corrected chi connectivity index (χ0v) is 27.4. The summed E-state index contributed by atoms with van der Waals surface area (Å²) in [6.07, 6.45) is 20.5. The number of fused-ring (bicyclic) bond motifs is 5. The van der Waals surface area contributed by atoms with Gasteiger partial charge in [-0.15, -0.1) is 0 Å². The van der Waals surface area contributed by atoms with E-state index < -0.39 is 0 Å². The van der Waals surface area contributed by atoms with E-state index in [0.717, 1.165) is 94.1 Å². The van der Waals surface area contributed by atoms with Crippen LogP contribution in [-0.2, 0) is 4.79 Å². The molecule has 5 fully saturated rings. The lowest BCUT2D eigenvalue weighted by molar-refractivity contribution is -0.117. The molecule has 4 aliphatic carbocycles. The number of hydrogen-bond acceptors (Lipinski definition) is 7. The molecule has 4 heterocycles. The molecule has 3 aliphatic heterocycles. The standard InChI is InChI=1S/C37H54N6O/c1-36-15-12-32-30(9-7-28-25-29(44)11-14-37(28,32)2)31(36)10-8-27(36)13-20-40-21-23-42(24-22-40)34-26-33(41-16-3-4-17-41)38-35(39-34)43-18-5-6-19-43/h11-12,14,26-28,30-31H,3-10,13,15-25H2,1-2H3. The number of rotatable bonds is 6.